The highest BCUT2D eigenvalue weighted by molar-refractivity contribution is 6.31. The predicted octanol–water partition coefficient (Wildman–Crippen LogP) is 1.56. The quantitative estimate of drug-likeness (QED) is 0.896. The number of hydrogen-bond donors (Lipinski definition) is 1. The number of aromatic nitrogens is 4. The molecule has 6 heteroatoms. The first-order valence-corrected chi connectivity index (χ1v) is 5.78. The Morgan fingerprint density at radius 1 is 1.41 bits per heavy atom. The Labute approximate surface area is 105 Å². The van der Waals surface area contributed by atoms with Crippen LogP contribution < -0.4 is 5.32 Å². The molecule has 1 unspecified atom stereocenters. The molecule has 0 fully saturated rings. The molecular formula is C11H14ClN5. The summed E-state index contributed by atoms with van der Waals surface area (Å²) in [6, 6.07) is -0.0892. The lowest BCUT2D eigenvalue weighted by Crippen LogP contribution is -2.25. The minimum Gasteiger partial charge on any atom is -0.304 e. The van der Waals surface area contributed by atoms with Gasteiger partial charge in [0.15, 0.2) is 0 Å². The molecule has 1 N–H and O–H groups in total. The predicted molar refractivity (Wildman–Crippen MR) is 65.8 cm³/mol. The summed E-state index contributed by atoms with van der Waals surface area (Å²) in [5.74, 6) is 0. The van der Waals surface area contributed by atoms with Crippen LogP contribution >= 0.6 is 11.6 Å². The van der Waals surface area contributed by atoms with Gasteiger partial charge in [0.05, 0.1) is 34.8 Å². The zero-order chi connectivity index (χ0) is 12.3. The number of hydrogen-bond acceptors (Lipinski definition) is 4. The van der Waals surface area contributed by atoms with Gasteiger partial charge in [-0.25, -0.2) is 0 Å². The zero-order valence-electron chi connectivity index (χ0n) is 9.76. The molecule has 0 spiro atoms. The van der Waals surface area contributed by atoms with Crippen molar-refractivity contribution in [3.63, 3.8) is 0 Å². The van der Waals surface area contributed by atoms with Gasteiger partial charge in [0.25, 0.3) is 0 Å². The van der Waals surface area contributed by atoms with Gasteiger partial charge in [-0.1, -0.05) is 18.5 Å². The third kappa shape index (κ3) is 2.45. The molecule has 0 saturated carbocycles. The van der Waals surface area contributed by atoms with Crippen LogP contribution in [0.2, 0.25) is 5.02 Å². The van der Waals surface area contributed by atoms with Gasteiger partial charge in [-0.2, -0.15) is 5.10 Å². The molecule has 0 aliphatic heterocycles. The SMILES string of the molecule is CCNC(c1cnccn1)c1c(Cl)cnn1C. The van der Waals surface area contributed by atoms with Crippen LogP contribution in [0.3, 0.4) is 0 Å². The van der Waals surface area contributed by atoms with Crippen LogP contribution in [-0.2, 0) is 7.05 Å². The van der Waals surface area contributed by atoms with E-state index in [2.05, 4.69) is 20.4 Å². The van der Waals surface area contributed by atoms with Crippen LogP contribution in [-0.4, -0.2) is 26.3 Å². The molecule has 0 radical (unpaired) electrons. The second-order valence-corrected chi connectivity index (χ2v) is 4.03. The first kappa shape index (κ1) is 12.0. The van der Waals surface area contributed by atoms with E-state index in [1.165, 1.54) is 0 Å². The lowest BCUT2D eigenvalue weighted by Gasteiger charge is -2.17. The van der Waals surface area contributed by atoms with Crippen molar-refractivity contribution < 1.29 is 0 Å². The second kappa shape index (κ2) is 5.25. The molecule has 2 heterocycles. The van der Waals surface area contributed by atoms with Crippen LogP contribution in [0.5, 0.6) is 0 Å². The molecule has 0 aromatic carbocycles. The Kier molecular flexibility index (Phi) is 3.71. The van der Waals surface area contributed by atoms with Crippen LogP contribution in [0.4, 0.5) is 0 Å². The van der Waals surface area contributed by atoms with E-state index in [1.807, 2.05) is 14.0 Å². The Morgan fingerprint density at radius 3 is 2.76 bits per heavy atom. The van der Waals surface area contributed by atoms with E-state index < -0.39 is 0 Å². The molecule has 2 aromatic heterocycles. The number of halogens is 1. The molecule has 2 aromatic rings. The number of nitrogens with one attached hydrogen (secondary N) is 1. The van der Waals surface area contributed by atoms with Gasteiger partial charge in [0.2, 0.25) is 0 Å². The molecule has 0 saturated heterocycles. The lowest BCUT2D eigenvalue weighted by molar-refractivity contribution is 0.560. The molecular weight excluding hydrogens is 238 g/mol. The van der Waals surface area contributed by atoms with Crippen molar-refractivity contribution in [2.24, 2.45) is 7.05 Å². The van der Waals surface area contributed by atoms with Crippen molar-refractivity contribution in [1.82, 2.24) is 25.1 Å². The second-order valence-electron chi connectivity index (χ2n) is 3.62. The van der Waals surface area contributed by atoms with Crippen molar-refractivity contribution in [2.75, 3.05) is 6.54 Å². The van der Waals surface area contributed by atoms with Crippen molar-refractivity contribution in [3.8, 4) is 0 Å². The van der Waals surface area contributed by atoms with Gasteiger partial charge in [0, 0.05) is 19.4 Å². The van der Waals surface area contributed by atoms with Gasteiger partial charge in [0.1, 0.15) is 0 Å². The standard InChI is InChI=1S/C11H14ClN5/c1-3-14-10(9-7-13-4-5-15-9)11-8(12)6-16-17(11)2/h4-7,10,14H,3H2,1-2H3. The summed E-state index contributed by atoms with van der Waals surface area (Å²) in [7, 11) is 1.86. The van der Waals surface area contributed by atoms with Crippen LogP contribution in [0, 0.1) is 0 Å². The third-order valence-corrected chi connectivity index (χ3v) is 2.79. The van der Waals surface area contributed by atoms with Gasteiger partial charge >= 0.3 is 0 Å². The molecule has 17 heavy (non-hydrogen) atoms. The zero-order valence-corrected chi connectivity index (χ0v) is 10.5. The average molecular weight is 252 g/mol. The summed E-state index contributed by atoms with van der Waals surface area (Å²) in [5.41, 5.74) is 1.73. The maximum absolute atomic E-state index is 6.15. The molecule has 2 rings (SSSR count). The summed E-state index contributed by atoms with van der Waals surface area (Å²) in [6.07, 6.45) is 6.69. The van der Waals surface area contributed by atoms with Gasteiger partial charge < -0.3 is 5.32 Å². The topological polar surface area (TPSA) is 55.6 Å². The Bertz CT molecular complexity index is 462. The van der Waals surface area contributed by atoms with Gasteiger partial charge in [-0.15, -0.1) is 0 Å². The van der Waals surface area contributed by atoms with Crippen LogP contribution in [0.15, 0.2) is 24.8 Å². The maximum Gasteiger partial charge on any atom is 0.0952 e. The van der Waals surface area contributed by atoms with Crippen molar-refractivity contribution in [2.45, 2.75) is 13.0 Å². The number of aryl methyl sites for hydroxylation is 1. The fraction of sp³-hybridized carbons (Fsp3) is 0.364. The summed E-state index contributed by atoms with van der Waals surface area (Å²) in [5, 5.41) is 8.11. The fourth-order valence-electron chi connectivity index (χ4n) is 1.75. The number of rotatable bonds is 4. The van der Waals surface area contributed by atoms with E-state index in [0.717, 1.165) is 17.9 Å². The highest BCUT2D eigenvalue weighted by Gasteiger charge is 2.21. The number of nitrogens with zero attached hydrogens (tertiary/aromatic N) is 4. The minimum absolute atomic E-state index is 0.0892. The largest absolute Gasteiger partial charge is 0.304 e. The molecule has 1 atom stereocenters. The van der Waals surface area contributed by atoms with E-state index in [9.17, 15) is 0 Å². The van der Waals surface area contributed by atoms with E-state index in [0.29, 0.717) is 5.02 Å². The summed E-state index contributed by atoms with van der Waals surface area (Å²) >= 11 is 6.15. The van der Waals surface area contributed by atoms with Crippen molar-refractivity contribution in [3.05, 3.63) is 41.2 Å². The van der Waals surface area contributed by atoms with Crippen LogP contribution in [0.1, 0.15) is 24.4 Å². The van der Waals surface area contributed by atoms with E-state index >= 15 is 0 Å². The summed E-state index contributed by atoms with van der Waals surface area (Å²) < 4.78 is 1.75. The van der Waals surface area contributed by atoms with Gasteiger partial charge in [-0.3, -0.25) is 14.6 Å². The average Bonchev–Trinajstić information content (AvgIpc) is 2.68. The fourth-order valence-corrected chi connectivity index (χ4v) is 2.03. The molecule has 0 amide bonds. The van der Waals surface area contributed by atoms with Crippen LogP contribution in [0.25, 0.3) is 0 Å². The smallest absolute Gasteiger partial charge is 0.0952 e. The maximum atomic E-state index is 6.15. The summed E-state index contributed by atoms with van der Waals surface area (Å²) in [6.45, 7) is 2.84. The molecule has 0 aliphatic carbocycles. The molecule has 5 nitrogen and oxygen atoms in total. The molecule has 90 valence electrons. The first-order valence-electron chi connectivity index (χ1n) is 5.40. The Morgan fingerprint density at radius 2 is 2.24 bits per heavy atom. The first-order chi connectivity index (χ1) is 8.24. The Balaban J connectivity index is 2.43. The lowest BCUT2D eigenvalue weighted by atomic mass is 10.1. The Hall–Kier alpha value is -1.46. The van der Waals surface area contributed by atoms with E-state index in [4.69, 9.17) is 11.6 Å². The third-order valence-electron chi connectivity index (χ3n) is 2.50. The molecule has 0 aliphatic rings. The van der Waals surface area contributed by atoms with Gasteiger partial charge in [-0.05, 0) is 6.54 Å². The van der Waals surface area contributed by atoms with Crippen molar-refractivity contribution in [1.29, 1.82) is 0 Å². The molecule has 0 bridgehead atoms. The normalized spacial score (nSPS) is 12.6. The van der Waals surface area contributed by atoms with E-state index in [1.54, 1.807) is 29.5 Å². The van der Waals surface area contributed by atoms with Crippen molar-refractivity contribution >= 4 is 11.6 Å². The summed E-state index contributed by atoms with van der Waals surface area (Å²) in [4.78, 5) is 8.39. The monoisotopic (exact) mass is 251 g/mol. The highest BCUT2D eigenvalue weighted by Crippen LogP contribution is 2.25. The van der Waals surface area contributed by atoms with E-state index in [-0.39, 0.29) is 6.04 Å². The highest BCUT2D eigenvalue weighted by atomic mass is 35.5. The minimum atomic E-state index is -0.0892.